The fourth-order valence-electron chi connectivity index (χ4n) is 4.00. The minimum Gasteiger partial charge on any atom is -0.342 e. The number of nitro benzene ring substituents is 1. The van der Waals surface area contributed by atoms with Gasteiger partial charge in [0.25, 0.3) is 5.69 Å². The third-order valence-electron chi connectivity index (χ3n) is 5.63. The Balaban J connectivity index is 1.55. The van der Waals surface area contributed by atoms with Crippen LogP contribution in [0.1, 0.15) is 22.5 Å². The fourth-order valence-corrected chi connectivity index (χ4v) is 4.00. The molecule has 1 N–H and O–H groups in total. The SMILES string of the molecule is Cc1ccc2nc(C(C#N)=Cc3cn(Cc4ccc([N+](=O)[O-])cc4)c4ccccc34)[nH]c2c1. The molecule has 0 radical (unpaired) electrons. The lowest BCUT2D eigenvalue weighted by Crippen LogP contribution is -1.98. The Morgan fingerprint density at radius 1 is 1.18 bits per heavy atom. The number of H-pyrrole nitrogens is 1. The van der Waals surface area contributed by atoms with Gasteiger partial charge in [0.1, 0.15) is 11.9 Å². The maximum atomic E-state index is 10.9. The second-order valence-corrected chi connectivity index (χ2v) is 7.93. The number of imidazole rings is 1. The summed E-state index contributed by atoms with van der Waals surface area (Å²) in [5, 5.41) is 21.8. The number of benzene rings is 3. The van der Waals surface area contributed by atoms with Gasteiger partial charge in [-0.2, -0.15) is 5.26 Å². The largest absolute Gasteiger partial charge is 0.342 e. The fraction of sp³-hybridized carbons (Fsp3) is 0.0769. The van der Waals surface area contributed by atoms with E-state index in [0.29, 0.717) is 17.9 Å². The van der Waals surface area contributed by atoms with Crippen LogP contribution in [0, 0.1) is 28.4 Å². The number of para-hydroxylation sites is 1. The summed E-state index contributed by atoms with van der Waals surface area (Å²) in [4.78, 5) is 18.4. The normalized spacial score (nSPS) is 11.7. The van der Waals surface area contributed by atoms with Gasteiger partial charge in [0.15, 0.2) is 0 Å². The molecule has 2 heterocycles. The summed E-state index contributed by atoms with van der Waals surface area (Å²) in [6.45, 7) is 2.57. The monoisotopic (exact) mass is 433 g/mol. The molecule has 0 aliphatic carbocycles. The highest BCUT2D eigenvalue weighted by molar-refractivity contribution is 5.98. The van der Waals surface area contributed by atoms with Crippen molar-refractivity contribution in [2.24, 2.45) is 0 Å². The number of rotatable bonds is 5. The molecular formula is C26H19N5O2. The van der Waals surface area contributed by atoms with Crippen LogP contribution in [0.15, 0.2) is 72.9 Å². The number of aryl methyl sites for hydroxylation is 1. The molecule has 3 aromatic carbocycles. The van der Waals surface area contributed by atoms with Gasteiger partial charge in [0.2, 0.25) is 0 Å². The van der Waals surface area contributed by atoms with Gasteiger partial charge >= 0.3 is 0 Å². The third kappa shape index (κ3) is 3.86. The van der Waals surface area contributed by atoms with E-state index < -0.39 is 4.92 Å². The predicted molar refractivity (Wildman–Crippen MR) is 128 cm³/mol. The highest BCUT2D eigenvalue weighted by Gasteiger charge is 2.12. The van der Waals surface area contributed by atoms with Crippen molar-refractivity contribution >= 4 is 39.3 Å². The van der Waals surface area contributed by atoms with E-state index in [0.717, 1.165) is 38.6 Å². The van der Waals surface area contributed by atoms with Crippen LogP contribution in [0.4, 0.5) is 5.69 Å². The molecule has 7 nitrogen and oxygen atoms in total. The molecule has 33 heavy (non-hydrogen) atoms. The molecule has 2 aromatic heterocycles. The van der Waals surface area contributed by atoms with Crippen molar-refractivity contribution in [3.63, 3.8) is 0 Å². The van der Waals surface area contributed by atoms with E-state index in [1.54, 1.807) is 12.1 Å². The molecule has 0 saturated heterocycles. The minimum atomic E-state index is -0.402. The standard InChI is InChI=1S/C26H19N5O2/c1-17-6-11-23-24(12-17)29-26(28-23)19(14-27)13-20-16-30(25-5-3-2-4-22(20)25)15-18-7-9-21(10-8-18)31(32)33/h2-13,16H,15H2,1H3,(H,28,29). The second kappa shape index (κ2) is 8.09. The number of non-ortho nitro benzene ring substituents is 1. The van der Waals surface area contributed by atoms with Gasteiger partial charge in [0, 0.05) is 41.3 Å². The van der Waals surface area contributed by atoms with E-state index in [9.17, 15) is 15.4 Å². The zero-order valence-corrected chi connectivity index (χ0v) is 17.8. The molecule has 0 unspecified atom stereocenters. The van der Waals surface area contributed by atoms with Crippen molar-refractivity contribution in [1.82, 2.24) is 14.5 Å². The van der Waals surface area contributed by atoms with Gasteiger partial charge in [-0.05, 0) is 42.3 Å². The highest BCUT2D eigenvalue weighted by atomic mass is 16.6. The smallest absolute Gasteiger partial charge is 0.269 e. The molecule has 0 bridgehead atoms. The lowest BCUT2D eigenvalue weighted by molar-refractivity contribution is -0.384. The first-order chi connectivity index (χ1) is 16.0. The first-order valence-corrected chi connectivity index (χ1v) is 10.4. The van der Waals surface area contributed by atoms with Crippen molar-refractivity contribution in [1.29, 1.82) is 5.26 Å². The van der Waals surface area contributed by atoms with Crippen molar-refractivity contribution in [2.45, 2.75) is 13.5 Å². The molecule has 0 amide bonds. The van der Waals surface area contributed by atoms with Crippen LogP contribution >= 0.6 is 0 Å². The number of aromatic amines is 1. The molecule has 0 aliphatic heterocycles. The summed E-state index contributed by atoms with van der Waals surface area (Å²) in [5.74, 6) is 0.533. The molecule has 160 valence electrons. The number of nitrogens with one attached hydrogen (secondary N) is 1. The zero-order chi connectivity index (χ0) is 22.9. The number of hydrogen-bond acceptors (Lipinski definition) is 4. The number of nitrogens with zero attached hydrogens (tertiary/aromatic N) is 4. The number of aromatic nitrogens is 3. The topological polar surface area (TPSA) is 101 Å². The summed E-state index contributed by atoms with van der Waals surface area (Å²) in [6.07, 6.45) is 3.84. The van der Waals surface area contributed by atoms with Crippen molar-refractivity contribution in [3.8, 4) is 6.07 Å². The molecule has 0 saturated carbocycles. The minimum absolute atomic E-state index is 0.0689. The summed E-state index contributed by atoms with van der Waals surface area (Å²) < 4.78 is 2.08. The molecule has 5 rings (SSSR count). The lowest BCUT2D eigenvalue weighted by Gasteiger charge is -2.05. The first kappa shape index (κ1) is 20.2. The third-order valence-corrected chi connectivity index (χ3v) is 5.63. The van der Waals surface area contributed by atoms with Gasteiger partial charge in [-0.15, -0.1) is 0 Å². The summed E-state index contributed by atoms with van der Waals surface area (Å²) >= 11 is 0. The number of hydrogen-bond donors (Lipinski definition) is 1. The predicted octanol–water partition coefficient (Wildman–Crippen LogP) is 5.85. The van der Waals surface area contributed by atoms with E-state index in [2.05, 4.69) is 20.6 Å². The maximum absolute atomic E-state index is 10.9. The van der Waals surface area contributed by atoms with E-state index >= 15 is 0 Å². The quantitative estimate of drug-likeness (QED) is 0.213. The van der Waals surface area contributed by atoms with E-state index in [-0.39, 0.29) is 5.69 Å². The Bertz CT molecular complexity index is 1580. The van der Waals surface area contributed by atoms with Gasteiger partial charge < -0.3 is 9.55 Å². The highest BCUT2D eigenvalue weighted by Crippen LogP contribution is 2.27. The Morgan fingerprint density at radius 3 is 2.73 bits per heavy atom. The van der Waals surface area contributed by atoms with E-state index in [1.807, 2.05) is 61.7 Å². The second-order valence-electron chi connectivity index (χ2n) is 7.93. The van der Waals surface area contributed by atoms with Gasteiger partial charge in [-0.3, -0.25) is 10.1 Å². The molecular weight excluding hydrogens is 414 g/mol. The zero-order valence-electron chi connectivity index (χ0n) is 17.8. The Labute approximate surface area is 189 Å². The van der Waals surface area contributed by atoms with Gasteiger partial charge in [-0.1, -0.05) is 36.4 Å². The molecule has 7 heteroatoms. The van der Waals surface area contributed by atoms with Crippen LogP contribution in [0.2, 0.25) is 0 Å². The van der Waals surface area contributed by atoms with E-state index in [1.165, 1.54) is 12.1 Å². The molecule has 5 aromatic rings. The van der Waals surface area contributed by atoms with Crippen LogP contribution in [-0.2, 0) is 6.54 Å². The van der Waals surface area contributed by atoms with Crippen LogP contribution in [0.5, 0.6) is 0 Å². The van der Waals surface area contributed by atoms with Crippen LogP contribution in [0.25, 0.3) is 33.6 Å². The van der Waals surface area contributed by atoms with Crippen LogP contribution in [0.3, 0.4) is 0 Å². The average Bonchev–Trinajstić information content (AvgIpc) is 3.39. The Hall–Kier alpha value is -4.70. The van der Waals surface area contributed by atoms with E-state index in [4.69, 9.17) is 0 Å². The molecule has 0 fully saturated rings. The Morgan fingerprint density at radius 2 is 1.97 bits per heavy atom. The lowest BCUT2D eigenvalue weighted by atomic mass is 10.1. The van der Waals surface area contributed by atoms with Crippen LogP contribution in [-0.4, -0.2) is 19.5 Å². The van der Waals surface area contributed by atoms with Crippen molar-refractivity contribution < 1.29 is 4.92 Å². The number of nitro groups is 1. The molecule has 0 spiro atoms. The summed E-state index contributed by atoms with van der Waals surface area (Å²) in [5.41, 5.74) is 6.21. The van der Waals surface area contributed by atoms with Crippen molar-refractivity contribution in [2.75, 3.05) is 0 Å². The number of nitriles is 1. The number of fused-ring (bicyclic) bond motifs is 2. The number of allylic oxidation sites excluding steroid dienone is 1. The van der Waals surface area contributed by atoms with Gasteiger partial charge in [0.05, 0.1) is 21.5 Å². The summed E-state index contributed by atoms with van der Waals surface area (Å²) in [6, 6.07) is 22.7. The molecule has 0 atom stereocenters. The molecule has 0 aliphatic rings. The average molecular weight is 433 g/mol. The first-order valence-electron chi connectivity index (χ1n) is 10.4. The van der Waals surface area contributed by atoms with Gasteiger partial charge in [-0.25, -0.2) is 4.98 Å². The Kier molecular flexibility index (Phi) is 4.96. The summed E-state index contributed by atoms with van der Waals surface area (Å²) in [7, 11) is 0. The van der Waals surface area contributed by atoms with Crippen molar-refractivity contribution in [3.05, 3.63) is 106 Å². The maximum Gasteiger partial charge on any atom is 0.269 e. The van der Waals surface area contributed by atoms with Crippen LogP contribution < -0.4 is 0 Å².